The molecule has 1 fully saturated rings. The lowest BCUT2D eigenvalue weighted by molar-refractivity contribution is -0.121. The molecule has 0 bridgehead atoms. The van der Waals surface area contributed by atoms with Gasteiger partial charge in [0.2, 0.25) is 5.91 Å². The Bertz CT molecular complexity index is 424. The average molecular weight is 311 g/mol. The van der Waals surface area contributed by atoms with Crippen LogP contribution in [0.3, 0.4) is 0 Å². The summed E-state index contributed by atoms with van der Waals surface area (Å²) in [6, 6.07) is 9.61. The molecule has 1 aromatic carbocycles. The van der Waals surface area contributed by atoms with Gasteiger partial charge in [-0.15, -0.1) is 12.4 Å². The second-order valence-corrected chi connectivity index (χ2v) is 6.05. The number of nitrogens with one attached hydrogen (secondary N) is 1. The Kier molecular flexibility index (Phi) is 7.76. The molecule has 0 radical (unpaired) electrons. The Morgan fingerprint density at radius 2 is 1.95 bits per heavy atom. The minimum Gasteiger partial charge on any atom is -0.356 e. The quantitative estimate of drug-likeness (QED) is 0.875. The van der Waals surface area contributed by atoms with E-state index in [4.69, 9.17) is 5.73 Å². The van der Waals surface area contributed by atoms with Gasteiger partial charge in [0.1, 0.15) is 0 Å². The molecule has 1 aliphatic carbocycles. The highest BCUT2D eigenvalue weighted by Gasteiger charge is 2.22. The maximum Gasteiger partial charge on any atom is 0.221 e. The van der Waals surface area contributed by atoms with Gasteiger partial charge < -0.3 is 11.1 Å². The number of rotatable bonds is 5. The fourth-order valence-corrected chi connectivity index (χ4v) is 3.03. The molecule has 0 saturated heterocycles. The molecule has 118 valence electrons. The zero-order chi connectivity index (χ0) is 14.4. The number of carbonyl (C=O) groups is 1. The SMILES string of the molecule is CC1CCCCC1CNC(=O)CC(N)c1ccccc1.Cl. The standard InChI is InChI=1S/C17H26N2O.ClH/c1-13-7-5-6-10-15(13)12-19-17(20)11-16(18)14-8-3-2-4-9-14;/h2-4,8-9,13,15-16H,5-7,10-12,18H2,1H3,(H,19,20);1H. The number of benzene rings is 1. The Hall–Kier alpha value is -1.06. The molecule has 1 saturated carbocycles. The van der Waals surface area contributed by atoms with Gasteiger partial charge >= 0.3 is 0 Å². The van der Waals surface area contributed by atoms with E-state index >= 15 is 0 Å². The molecular weight excluding hydrogens is 284 g/mol. The molecule has 1 aromatic rings. The third-order valence-corrected chi connectivity index (χ3v) is 4.48. The van der Waals surface area contributed by atoms with Gasteiger partial charge in [-0.2, -0.15) is 0 Å². The molecule has 0 aliphatic heterocycles. The minimum atomic E-state index is -0.208. The van der Waals surface area contributed by atoms with Crippen LogP contribution in [0, 0.1) is 11.8 Å². The molecule has 21 heavy (non-hydrogen) atoms. The topological polar surface area (TPSA) is 55.1 Å². The van der Waals surface area contributed by atoms with E-state index in [1.807, 2.05) is 30.3 Å². The molecule has 3 atom stereocenters. The zero-order valence-corrected chi connectivity index (χ0v) is 13.6. The fourth-order valence-electron chi connectivity index (χ4n) is 3.03. The van der Waals surface area contributed by atoms with Crippen molar-refractivity contribution in [2.24, 2.45) is 17.6 Å². The smallest absolute Gasteiger partial charge is 0.221 e. The van der Waals surface area contributed by atoms with Crippen molar-refractivity contribution in [1.82, 2.24) is 5.32 Å². The molecule has 0 heterocycles. The van der Waals surface area contributed by atoms with Crippen LogP contribution >= 0.6 is 12.4 Å². The van der Waals surface area contributed by atoms with E-state index in [2.05, 4.69) is 12.2 Å². The molecule has 2 rings (SSSR count). The van der Waals surface area contributed by atoms with Crippen LogP contribution in [-0.4, -0.2) is 12.5 Å². The summed E-state index contributed by atoms with van der Waals surface area (Å²) in [7, 11) is 0. The van der Waals surface area contributed by atoms with E-state index < -0.39 is 0 Å². The summed E-state index contributed by atoms with van der Waals surface area (Å²) in [6.07, 6.45) is 5.54. The summed E-state index contributed by atoms with van der Waals surface area (Å²) >= 11 is 0. The highest BCUT2D eigenvalue weighted by atomic mass is 35.5. The van der Waals surface area contributed by atoms with Crippen molar-refractivity contribution in [3.05, 3.63) is 35.9 Å². The largest absolute Gasteiger partial charge is 0.356 e. The van der Waals surface area contributed by atoms with Gasteiger partial charge in [-0.1, -0.05) is 56.5 Å². The summed E-state index contributed by atoms with van der Waals surface area (Å²) in [5, 5.41) is 3.06. The molecule has 1 aliphatic rings. The molecule has 4 heteroatoms. The lowest BCUT2D eigenvalue weighted by Crippen LogP contribution is -2.34. The second kappa shape index (κ2) is 9.06. The first-order valence-corrected chi connectivity index (χ1v) is 7.74. The molecule has 1 amide bonds. The number of hydrogen-bond acceptors (Lipinski definition) is 2. The Labute approximate surface area is 134 Å². The van der Waals surface area contributed by atoms with Gasteiger partial charge in [-0.25, -0.2) is 0 Å². The van der Waals surface area contributed by atoms with Crippen LogP contribution in [0.4, 0.5) is 0 Å². The van der Waals surface area contributed by atoms with E-state index in [0.29, 0.717) is 12.3 Å². The number of carbonyl (C=O) groups excluding carboxylic acids is 1. The Morgan fingerprint density at radius 3 is 2.62 bits per heavy atom. The molecular formula is C17H27ClN2O. The zero-order valence-electron chi connectivity index (χ0n) is 12.8. The molecule has 0 spiro atoms. The summed E-state index contributed by atoms with van der Waals surface area (Å²) in [5.41, 5.74) is 7.09. The number of hydrogen-bond donors (Lipinski definition) is 2. The predicted molar refractivity (Wildman–Crippen MR) is 89.4 cm³/mol. The van der Waals surface area contributed by atoms with Gasteiger partial charge in [0, 0.05) is 19.0 Å². The molecule has 3 unspecified atom stereocenters. The van der Waals surface area contributed by atoms with Crippen LogP contribution in [0.15, 0.2) is 30.3 Å². The monoisotopic (exact) mass is 310 g/mol. The Balaban J connectivity index is 0.00000220. The van der Waals surface area contributed by atoms with Crippen molar-refractivity contribution < 1.29 is 4.79 Å². The second-order valence-electron chi connectivity index (χ2n) is 6.05. The van der Waals surface area contributed by atoms with Gasteiger partial charge in [0.05, 0.1) is 0 Å². The van der Waals surface area contributed by atoms with Crippen molar-refractivity contribution in [3.63, 3.8) is 0 Å². The van der Waals surface area contributed by atoms with Crippen LogP contribution < -0.4 is 11.1 Å². The fraction of sp³-hybridized carbons (Fsp3) is 0.588. The van der Waals surface area contributed by atoms with Crippen molar-refractivity contribution in [1.29, 1.82) is 0 Å². The molecule has 0 aromatic heterocycles. The normalized spacial score (nSPS) is 23.0. The van der Waals surface area contributed by atoms with Gasteiger partial charge in [0.25, 0.3) is 0 Å². The Morgan fingerprint density at radius 1 is 1.29 bits per heavy atom. The maximum atomic E-state index is 12.0. The lowest BCUT2D eigenvalue weighted by Gasteiger charge is -2.28. The van der Waals surface area contributed by atoms with Gasteiger partial charge in [-0.05, 0) is 23.8 Å². The van der Waals surface area contributed by atoms with E-state index in [1.54, 1.807) is 0 Å². The average Bonchev–Trinajstić information content (AvgIpc) is 2.47. The first kappa shape index (κ1) is 18.0. The van der Waals surface area contributed by atoms with Crippen LogP contribution in [0.5, 0.6) is 0 Å². The van der Waals surface area contributed by atoms with Gasteiger partial charge in [0.15, 0.2) is 0 Å². The first-order valence-electron chi connectivity index (χ1n) is 7.74. The van der Waals surface area contributed by atoms with Crippen molar-refractivity contribution >= 4 is 18.3 Å². The first-order chi connectivity index (χ1) is 9.66. The third-order valence-electron chi connectivity index (χ3n) is 4.48. The third kappa shape index (κ3) is 5.68. The summed E-state index contributed by atoms with van der Waals surface area (Å²) in [4.78, 5) is 12.0. The minimum absolute atomic E-state index is 0. The van der Waals surface area contributed by atoms with E-state index in [-0.39, 0.29) is 24.4 Å². The molecule has 3 N–H and O–H groups in total. The number of amides is 1. The summed E-state index contributed by atoms with van der Waals surface area (Å²) in [5.74, 6) is 1.44. The molecule has 3 nitrogen and oxygen atoms in total. The van der Waals surface area contributed by atoms with Crippen molar-refractivity contribution in [3.8, 4) is 0 Å². The van der Waals surface area contributed by atoms with Crippen molar-refractivity contribution in [2.75, 3.05) is 6.54 Å². The van der Waals surface area contributed by atoms with Crippen LogP contribution in [0.25, 0.3) is 0 Å². The number of nitrogens with two attached hydrogens (primary N) is 1. The van der Waals surface area contributed by atoms with Crippen LogP contribution in [0.1, 0.15) is 50.6 Å². The van der Waals surface area contributed by atoms with Crippen molar-refractivity contribution in [2.45, 2.75) is 45.1 Å². The van der Waals surface area contributed by atoms with E-state index in [0.717, 1.165) is 18.0 Å². The van der Waals surface area contributed by atoms with E-state index in [9.17, 15) is 4.79 Å². The van der Waals surface area contributed by atoms with E-state index in [1.165, 1.54) is 25.7 Å². The lowest BCUT2D eigenvalue weighted by atomic mass is 9.80. The number of halogens is 1. The van der Waals surface area contributed by atoms with Gasteiger partial charge in [-0.3, -0.25) is 4.79 Å². The highest BCUT2D eigenvalue weighted by Crippen LogP contribution is 2.28. The highest BCUT2D eigenvalue weighted by molar-refractivity contribution is 5.85. The summed E-state index contributed by atoms with van der Waals surface area (Å²) < 4.78 is 0. The predicted octanol–water partition coefficient (Wildman–Crippen LogP) is 3.44. The maximum absolute atomic E-state index is 12.0. The van der Waals surface area contributed by atoms with Crippen LogP contribution in [0.2, 0.25) is 0 Å². The summed E-state index contributed by atoms with van der Waals surface area (Å²) in [6.45, 7) is 3.10. The van der Waals surface area contributed by atoms with Crippen LogP contribution in [-0.2, 0) is 4.79 Å².